The number of aromatic nitrogens is 2. The summed E-state index contributed by atoms with van der Waals surface area (Å²) in [5.41, 5.74) is 2.12. The van der Waals surface area contributed by atoms with Gasteiger partial charge in [-0.3, -0.25) is 14.5 Å². The Morgan fingerprint density at radius 2 is 1.86 bits per heavy atom. The van der Waals surface area contributed by atoms with E-state index in [-0.39, 0.29) is 5.69 Å². The van der Waals surface area contributed by atoms with Gasteiger partial charge in [-0.15, -0.1) is 0 Å². The van der Waals surface area contributed by atoms with Crippen molar-refractivity contribution in [2.75, 3.05) is 6.61 Å². The molecule has 152 valence electrons. The van der Waals surface area contributed by atoms with Gasteiger partial charge in [-0.05, 0) is 49.6 Å². The number of hydrogen-bond acceptors (Lipinski definition) is 6. The first-order valence-electron chi connectivity index (χ1n) is 9.40. The molecule has 0 saturated carbocycles. The molecule has 8 heteroatoms. The van der Waals surface area contributed by atoms with Gasteiger partial charge in [0, 0.05) is 17.8 Å². The molecule has 1 aromatic carbocycles. The fraction of sp³-hybridized carbons (Fsp3) is 0.333. The molecule has 3 rings (SSSR count). The minimum Gasteiger partial charge on any atom is -0.479 e. The van der Waals surface area contributed by atoms with E-state index in [1.165, 1.54) is 12.3 Å². The van der Waals surface area contributed by atoms with Crippen molar-refractivity contribution >= 4 is 17.3 Å². The molecular formula is C21H23N3O5. The third-order valence-electron chi connectivity index (χ3n) is 4.38. The minimum absolute atomic E-state index is 0.000495. The highest BCUT2D eigenvalue weighted by molar-refractivity contribution is 5.74. The lowest BCUT2D eigenvalue weighted by molar-refractivity contribution is -0.385. The molecule has 1 unspecified atom stereocenters. The first kappa shape index (κ1) is 20.3. The maximum Gasteiger partial charge on any atom is 0.347 e. The van der Waals surface area contributed by atoms with Crippen molar-refractivity contribution in [3.05, 3.63) is 58.9 Å². The predicted molar refractivity (Wildman–Crippen MR) is 108 cm³/mol. The van der Waals surface area contributed by atoms with Gasteiger partial charge >= 0.3 is 5.97 Å². The monoisotopic (exact) mass is 397 g/mol. The number of imidazole rings is 1. The third-order valence-corrected chi connectivity index (χ3v) is 4.38. The second kappa shape index (κ2) is 8.72. The number of carbonyl (C=O) groups excluding carboxylic acids is 1. The number of pyridine rings is 1. The second-order valence-electron chi connectivity index (χ2n) is 7.17. The normalized spacial score (nSPS) is 12.1. The van der Waals surface area contributed by atoms with Crippen LogP contribution in [0.4, 0.5) is 5.69 Å². The summed E-state index contributed by atoms with van der Waals surface area (Å²) in [5, 5.41) is 10.9. The Morgan fingerprint density at radius 1 is 1.14 bits per heavy atom. The van der Waals surface area contributed by atoms with E-state index in [4.69, 9.17) is 9.47 Å². The molecule has 0 aliphatic heterocycles. The molecule has 0 N–H and O–H groups in total. The SMILES string of the molecule is CC(C)CCOC(=O)C(C)Oc1ccc(-c2cn3cc([N+](=O)[O-])ccc3n2)cc1. The van der Waals surface area contributed by atoms with Crippen LogP contribution in [-0.4, -0.2) is 33.0 Å². The van der Waals surface area contributed by atoms with Crippen molar-refractivity contribution in [2.24, 2.45) is 5.92 Å². The fourth-order valence-electron chi connectivity index (χ4n) is 2.70. The van der Waals surface area contributed by atoms with Crippen LogP contribution in [0.2, 0.25) is 0 Å². The van der Waals surface area contributed by atoms with Crippen LogP contribution in [0.3, 0.4) is 0 Å². The van der Waals surface area contributed by atoms with Crippen LogP contribution >= 0.6 is 0 Å². The van der Waals surface area contributed by atoms with Gasteiger partial charge in [-0.1, -0.05) is 13.8 Å². The van der Waals surface area contributed by atoms with Crippen molar-refractivity contribution in [3.63, 3.8) is 0 Å². The summed E-state index contributed by atoms with van der Waals surface area (Å²) in [6.45, 7) is 6.18. The van der Waals surface area contributed by atoms with Gasteiger partial charge in [0.2, 0.25) is 0 Å². The van der Waals surface area contributed by atoms with Crippen LogP contribution in [0, 0.1) is 16.0 Å². The summed E-state index contributed by atoms with van der Waals surface area (Å²) in [6, 6.07) is 10.2. The zero-order valence-corrected chi connectivity index (χ0v) is 16.6. The van der Waals surface area contributed by atoms with Crippen LogP contribution in [0.15, 0.2) is 48.8 Å². The molecule has 0 aliphatic rings. The number of carbonyl (C=O) groups is 1. The summed E-state index contributed by atoms with van der Waals surface area (Å²) >= 11 is 0. The average Bonchev–Trinajstić information content (AvgIpc) is 3.11. The fourth-order valence-corrected chi connectivity index (χ4v) is 2.70. The van der Waals surface area contributed by atoms with E-state index in [0.29, 0.717) is 29.6 Å². The zero-order valence-electron chi connectivity index (χ0n) is 16.6. The van der Waals surface area contributed by atoms with Crippen molar-refractivity contribution in [2.45, 2.75) is 33.3 Å². The van der Waals surface area contributed by atoms with Crippen LogP contribution < -0.4 is 4.74 Å². The molecule has 0 bridgehead atoms. The Bertz CT molecular complexity index is 1010. The summed E-state index contributed by atoms with van der Waals surface area (Å²) in [5.74, 6) is 0.621. The Kier molecular flexibility index (Phi) is 6.11. The first-order valence-corrected chi connectivity index (χ1v) is 9.40. The van der Waals surface area contributed by atoms with Gasteiger partial charge in [0.05, 0.1) is 23.4 Å². The molecule has 0 aliphatic carbocycles. The maximum absolute atomic E-state index is 12.0. The van der Waals surface area contributed by atoms with E-state index in [1.807, 2.05) is 12.1 Å². The van der Waals surface area contributed by atoms with Gasteiger partial charge in [0.25, 0.3) is 5.69 Å². The minimum atomic E-state index is -0.705. The molecule has 0 amide bonds. The molecule has 2 aromatic heterocycles. The van der Waals surface area contributed by atoms with Crippen LogP contribution in [0.25, 0.3) is 16.9 Å². The molecule has 0 saturated heterocycles. The standard InChI is InChI=1S/C21H23N3O5/c1-14(2)10-11-28-21(25)15(3)29-18-7-4-16(5-8-18)19-13-23-12-17(24(26)27)6-9-20(23)22-19/h4-9,12-15H,10-11H2,1-3H3. The van der Waals surface area contributed by atoms with E-state index in [1.54, 1.807) is 35.7 Å². The lowest BCUT2D eigenvalue weighted by atomic mass is 10.1. The Morgan fingerprint density at radius 3 is 2.52 bits per heavy atom. The number of esters is 1. The molecule has 3 aromatic rings. The van der Waals surface area contributed by atoms with E-state index in [2.05, 4.69) is 18.8 Å². The maximum atomic E-state index is 12.0. The number of fused-ring (bicyclic) bond motifs is 1. The Labute approximate surface area is 168 Å². The van der Waals surface area contributed by atoms with Gasteiger partial charge in [-0.2, -0.15) is 0 Å². The van der Waals surface area contributed by atoms with Crippen LogP contribution in [0.5, 0.6) is 5.75 Å². The molecule has 29 heavy (non-hydrogen) atoms. The first-order chi connectivity index (χ1) is 13.8. The molecule has 0 fully saturated rings. The third kappa shape index (κ3) is 5.10. The molecule has 0 spiro atoms. The quantitative estimate of drug-likeness (QED) is 0.320. The van der Waals surface area contributed by atoms with E-state index in [9.17, 15) is 14.9 Å². The van der Waals surface area contributed by atoms with E-state index < -0.39 is 17.0 Å². The van der Waals surface area contributed by atoms with E-state index >= 15 is 0 Å². The molecular weight excluding hydrogens is 374 g/mol. The Balaban J connectivity index is 1.66. The van der Waals surface area contributed by atoms with Crippen molar-refractivity contribution in [3.8, 4) is 17.0 Å². The van der Waals surface area contributed by atoms with Gasteiger partial charge in [-0.25, -0.2) is 9.78 Å². The van der Waals surface area contributed by atoms with Crippen molar-refractivity contribution in [1.82, 2.24) is 9.38 Å². The highest BCUT2D eigenvalue weighted by Gasteiger charge is 2.17. The Hall–Kier alpha value is -3.42. The second-order valence-corrected chi connectivity index (χ2v) is 7.17. The number of rotatable bonds is 8. The molecule has 8 nitrogen and oxygen atoms in total. The van der Waals surface area contributed by atoms with Crippen molar-refractivity contribution in [1.29, 1.82) is 0 Å². The number of nitrogens with zero attached hydrogens (tertiary/aromatic N) is 3. The summed E-state index contributed by atoms with van der Waals surface area (Å²) < 4.78 is 12.5. The molecule has 1 atom stereocenters. The van der Waals surface area contributed by atoms with E-state index in [0.717, 1.165) is 12.0 Å². The lowest BCUT2D eigenvalue weighted by Crippen LogP contribution is -2.26. The number of ether oxygens (including phenoxy) is 2. The van der Waals surface area contributed by atoms with Crippen LogP contribution in [-0.2, 0) is 9.53 Å². The summed E-state index contributed by atoms with van der Waals surface area (Å²) in [4.78, 5) is 26.9. The average molecular weight is 397 g/mol. The largest absolute Gasteiger partial charge is 0.479 e. The zero-order chi connectivity index (χ0) is 21.0. The molecule has 2 heterocycles. The number of nitro groups is 1. The molecule has 0 radical (unpaired) electrons. The van der Waals surface area contributed by atoms with Crippen LogP contribution in [0.1, 0.15) is 27.2 Å². The highest BCUT2D eigenvalue weighted by atomic mass is 16.6. The predicted octanol–water partition coefficient (Wildman–Crippen LogP) is 4.27. The lowest BCUT2D eigenvalue weighted by Gasteiger charge is -2.14. The van der Waals surface area contributed by atoms with Gasteiger partial charge in [0.1, 0.15) is 11.4 Å². The van der Waals surface area contributed by atoms with Gasteiger partial charge < -0.3 is 9.47 Å². The summed E-state index contributed by atoms with van der Waals surface area (Å²) in [7, 11) is 0. The highest BCUT2D eigenvalue weighted by Crippen LogP contribution is 2.24. The number of hydrogen-bond donors (Lipinski definition) is 0. The number of benzene rings is 1. The summed E-state index contributed by atoms with van der Waals surface area (Å²) in [6.07, 6.45) is 3.27. The van der Waals surface area contributed by atoms with Crippen molar-refractivity contribution < 1.29 is 19.2 Å². The van der Waals surface area contributed by atoms with Gasteiger partial charge in [0.15, 0.2) is 6.10 Å². The topological polar surface area (TPSA) is 96.0 Å². The smallest absolute Gasteiger partial charge is 0.347 e.